The molecule has 0 heterocycles. The van der Waals surface area contributed by atoms with Gasteiger partial charge in [-0.2, -0.15) is 0 Å². The molecule has 0 fully saturated rings. The fourth-order valence-corrected chi connectivity index (χ4v) is 3.57. The van der Waals surface area contributed by atoms with Crippen molar-refractivity contribution in [3.8, 4) is 0 Å². The zero-order valence-electron chi connectivity index (χ0n) is 15.1. The molecule has 0 saturated heterocycles. The lowest BCUT2D eigenvalue weighted by molar-refractivity contribution is -0.135. The van der Waals surface area contributed by atoms with E-state index in [1.807, 2.05) is 0 Å². The minimum absolute atomic E-state index is 0.00216. The normalized spacial score (nSPS) is 12.5. The number of hydrogen-bond donors (Lipinski definition) is 0. The monoisotopic (exact) mass is 332 g/mol. The fourth-order valence-electron chi connectivity index (χ4n) is 2.03. The van der Waals surface area contributed by atoms with Crippen LogP contribution >= 0.6 is 0 Å². The molecule has 0 aliphatic rings. The third kappa shape index (κ3) is 17.8. The second-order valence-electron chi connectivity index (χ2n) is 7.77. The van der Waals surface area contributed by atoms with Gasteiger partial charge >= 0.3 is 0 Å². The summed E-state index contributed by atoms with van der Waals surface area (Å²) in [4.78, 5) is 11.5. The maximum absolute atomic E-state index is 11.5. The van der Waals surface area contributed by atoms with Crippen LogP contribution in [0, 0.1) is 0 Å². The minimum Gasteiger partial charge on any atom is -0.520 e. The molecule has 0 aliphatic carbocycles. The van der Waals surface area contributed by atoms with Crippen LogP contribution < -0.4 is 0 Å². The van der Waals surface area contributed by atoms with Crippen molar-refractivity contribution in [1.29, 1.82) is 0 Å². The number of carbonyl (C=O) groups is 1. The topological polar surface area (TPSA) is 35.5 Å². The van der Waals surface area contributed by atoms with E-state index in [1.54, 1.807) is 0 Å². The predicted molar refractivity (Wildman–Crippen MR) is 95.7 cm³/mol. The molecule has 21 heavy (non-hydrogen) atoms. The van der Waals surface area contributed by atoms with Gasteiger partial charge in [0.2, 0.25) is 8.32 Å². The Balaban J connectivity index is 3.28. The molecule has 3 nitrogen and oxygen atoms in total. The first-order valence-corrected chi connectivity index (χ1v) is 15.3. The molecule has 0 N–H and O–H groups in total. The first-order valence-electron chi connectivity index (χ1n) is 8.46. The van der Waals surface area contributed by atoms with Crippen molar-refractivity contribution in [3.05, 3.63) is 0 Å². The highest BCUT2D eigenvalue weighted by atomic mass is 28.4. The summed E-state index contributed by atoms with van der Waals surface area (Å²) in [6, 6.07) is 0. The SMILES string of the molecule is C[Si](C)(C)OCCCCCCCCCC(=O)O[Si](C)(C)C. The summed E-state index contributed by atoms with van der Waals surface area (Å²) in [5, 5.41) is 0. The molecule has 0 aromatic heterocycles. The second kappa shape index (κ2) is 10.6. The molecule has 0 aromatic rings. The van der Waals surface area contributed by atoms with Gasteiger partial charge in [0.05, 0.1) is 0 Å². The quantitative estimate of drug-likeness (QED) is 0.357. The predicted octanol–water partition coefficient (Wildman–Crippen LogP) is 5.34. The maximum atomic E-state index is 11.5. The smallest absolute Gasteiger partial charge is 0.292 e. The molecule has 0 spiro atoms. The van der Waals surface area contributed by atoms with Crippen molar-refractivity contribution >= 4 is 22.6 Å². The van der Waals surface area contributed by atoms with Crippen LogP contribution in [0.5, 0.6) is 0 Å². The van der Waals surface area contributed by atoms with E-state index >= 15 is 0 Å². The first kappa shape index (κ1) is 20.9. The summed E-state index contributed by atoms with van der Waals surface area (Å²) in [7, 11) is -3.00. The van der Waals surface area contributed by atoms with Gasteiger partial charge in [0.1, 0.15) is 0 Å². The van der Waals surface area contributed by atoms with Gasteiger partial charge in [-0.25, -0.2) is 0 Å². The lowest BCUT2D eigenvalue weighted by Gasteiger charge is -2.17. The zero-order chi connectivity index (χ0) is 16.4. The highest BCUT2D eigenvalue weighted by Crippen LogP contribution is 2.12. The second-order valence-corrected chi connectivity index (χ2v) is 16.7. The van der Waals surface area contributed by atoms with Crippen molar-refractivity contribution in [2.24, 2.45) is 0 Å². The Kier molecular flexibility index (Phi) is 10.5. The van der Waals surface area contributed by atoms with Crippen LogP contribution in [0.25, 0.3) is 0 Å². The molecule has 5 heteroatoms. The molecule has 0 rings (SSSR count). The molecule has 0 atom stereocenters. The largest absolute Gasteiger partial charge is 0.520 e. The summed E-state index contributed by atoms with van der Waals surface area (Å²) < 4.78 is 11.3. The highest BCUT2D eigenvalue weighted by Gasteiger charge is 2.19. The van der Waals surface area contributed by atoms with Gasteiger partial charge < -0.3 is 8.85 Å². The molecule has 0 saturated carbocycles. The van der Waals surface area contributed by atoms with Gasteiger partial charge in [0, 0.05) is 13.0 Å². The van der Waals surface area contributed by atoms with E-state index in [0.717, 1.165) is 19.4 Å². The zero-order valence-corrected chi connectivity index (χ0v) is 17.1. The third-order valence-corrected chi connectivity index (χ3v) is 4.89. The molecule has 0 amide bonds. The van der Waals surface area contributed by atoms with Crippen LogP contribution in [0.15, 0.2) is 0 Å². The van der Waals surface area contributed by atoms with E-state index in [-0.39, 0.29) is 5.97 Å². The van der Waals surface area contributed by atoms with E-state index < -0.39 is 16.6 Å². The number of unbranched alkanes of at least 4 members (excludes halogenated alkanes) is 6. The molecular weight excluding hydrogens is 296 g/mol. The van der Waals surface area contributed by atoms with Gasteiger partial charge in [-0.3, -0.25) is 4.79 Å². The molecule has 126 valence electrons. The first-order chi connectivity index (χ1) is 9.60. The molecule has 0 bridgehead atoms. The lowest BCUT2D eigenvalue weighted by atomic mass is 10.1. The fraction of sp³-hybridized carbons (Fsp3) is 0.938. The molecule has 0 aromatic carbocycles. The Morgan fingerprint density at radius 2 is 1.19 bits per heavy atom. The molecule has 0 aliphatic heterocycles. The van der Waals surface area contributed by atoms with Crippen molar-refractivity contribution in [2.75, 3.05) is 6.61 Å². The van der Waals surface area contributed by atoms with Crippen LogP contribution in [-0.2, 0) is 13.6 Å². The van der Waals surface area contributed by atoms with Crippen LogP contribution in [0.1, 0.15) is 51.4 Å². The van der Waals surface area contributed by atoms with Gasteiger partial charge in [-0.15, -0.1) is 0 Å². The van der Waals surface area contributed by atoms with E-state index in [0.29, 0.717) is 6.42 Å². The number of rotatable bonds is 12. The Labute approximate surface area is 134 Å². The Hall–Kier alpha value is -0.136. The summed E-state index contributed by atoms with van der Waals surface area (Å²) >= 11 is 0. The third-order valence-electron chi connectivity index (χ3n) is 2.98. The van der Waals surface area contributed by atoms with Crippen LogP contribution in [0.3, 0.4) is 0 Å². The van der Waals surface area contributed by atoms with E-state index in [4.69, 9.17) is 8.85 Å². The maximum Gasteiger partial charge on any atom is 0.292 e. The van der Waals surface area contributed by atoms with Crippen molar-refractivity contribution < 1.29 is 13.6 Å². The standard InChI is InChI=1S/C16H36O3Si2/c1-20(2,3)18-15-13-11-9-7-8-10-12-14-16(17)19-21(4,5)6/h7-15H2,1-6H3. The minimum atomic E-state index is -1.69. The van der Waals surface area contributed by atoms with E-state index in [1.165, 1.54) is 32.1 Å². The summed E-state index contributed by atoms with van der Waals surface area (Å²) in [6.07, 6.45) is 8.96. The summed E-state index contributed by atoms with van der Waals surface area (Å²) in [6.45, 7) is 13.8. The average molecular weight is 333 g/mol. The average Bonchev–Trinajstić information content (AvgIpc) is 2.27. The van der Waals surface area contributed by atoms with Gasteiger partial charge in [0.15, 0.2) is 8.32 Å². The van der Waals surface area contributed by atoms with Crippen LogP contribution in [-0.4, -0.2) is 29.2 Å². The Bertz CT molecular complexity index is 280. The molecule has 0 unspecified atom stereocenters. The number of carbonyl (C=O) groups excluding carboxylic acids is 1. The van der Waals surface area contributed by atoms with Gasteiger partial charge in [-0.05, 0) is 52.1 Å². The molecule has 0 radical (unpaired) electrons. The Morgan fingerprint density at radius 1 is 0.714 bits per heavy atom. The van der Waals surface area contributed by atoms with Crippen molar-refractivity contribution in [3.63, 3.8) is 0 Å². The summed E-state index contributed by atoms with van der Waals surface area (Å²) in [5.41, 5.74) is 0. The highest BCUT2D eigenvalue weighted by molar-refractivity contribution is 6.71. The van der Waals surface area contributed by atoms with Crippen molar-refractivity contribution in [1.82, 2.24) is 0 Å². The van der Waals surface area contributed by atoms with Crippen LogP contribution in [0.2, 0.25) is 39.3 Å². The summed E-state index contributed by atoms with van der Waals surface area (Å²) in [5.74, 6) is -0.00216. The van der Waals surface area contributed by atoms with Crippen LogP contribution in [0.4, 0.5) is 0 Å². The van der Waals surface area contributed by atoms with E-state index in [2.05, 4.69) is 39.3 Å². The lowest BCUT2D eigenvalue weighted by Crippen LogP contribution is -2.28. The Morgan fingerprint density at radius 3 is 1.67 bits per heavy atom. The number of hydrogen-bond acceptors (Lipinski definition) is 3. The molecular formula is C16H36O3Si2. The van der Waals surface area contributed by atoms with Gasteiger partial charge in [0.25, 0.3) is 5.97 Å². The van der Waals surface area contributed by atoms with E-state index in [9.17, 15) is 4.79 Å². The van der Waals surface area contributed by atoms with Crippen molar-refractivity contribution in [2.45, 2.75) is 90.6 Å². The van der Waals surface area contributed by atoms with Gasteiger partial charge in [-0.1, -0.05) is 32.1 Å².